The first-order valence-electron chi connectivity index (χ1n) is 13.4. The van der Waals surface area contributed by atoms with Gasteiger partial charge in [0.25, 0.3) is 0 Å². The van der Waals surface area contributed by atoms with Gasteiger partial charge in [-0.1, -0.05) is 51.0 Å². The average Bonchev–Trinajstić information content (AvgIpc) is 3.37. The highest BCUT2D eigenvalue weighted by atomic mass is 32.1. The zero-order chi connectivity index (χ0) is 24.9. The van der Waals surface area contributed by atoms with E-state index in [4.69, 9.17) is 0 Å². The molecule has 6 heteroatoms. The summed E-state index contributed by atoms with van der Waals surface area (Å²) in [4.78, 5) is 34.5. The summed E-state index contributed by atoms with van der Waals surface area (Å²) in [6.07, 6.45) is 5.09. The molecule has 4 rings (SSSR count). The summed E-state index contributed by atoms with van der Waals surface area (Å²) >= 11 is 1.83. The zero-order valence-electron chi connectivity index (χ0n) is 21.8. The first-order chi connectivity index (χ1) is 17.0. The summed E-state index contributed by atoms with van der Waals surface area (Å²) < 4.78 is 0. The number of nitrogens with zero attached hydrogens (tertiary/aromatic N) is 3. The van der Waals surface area contributed by atoms with Crippen molar-refractivity contribution in [2.75, 3.05) is 32.7 Å². The van der Waals surface area contributed by atoms with Crippen molar-refractivity contribution in [1.29, 1.82) is 0 Å². The maximum atomic E-state index is 13.7. The van der Waals surface area contributed by atoms with Gasteiger partial charge in [-0.3, -0.25) is 14.5 Å². The molecular formula is C29H41N3O2S. The molecular weight excluding hydrogens is 454 g/mol. The lowest BCUT2D eigenvalue weighted by Gasteiger charge is -2.43. The van der Waals surface area contributed by atoms with Gasteiger partial charge in [0.15, 0.2) is 0 Å². The number of hydrogen-bond acceptors (Lipinski definition) is 4. The largest absolute Gasteiger partial charge is 0.339 e. The Bertz CT molecular complexity index is 1010. The molecule has 35 heavy (non-hydrogen) atoms. The summed E-state index contributed by atoms with van der Waals surface area (Å²) in [6, 6.07) is 10.7. The summed E-state index contributed by atoms with van der Waals surface area (Å²) in [7, 11) is 0. The lowest BCUT2D eigenvalue weighted by molar-refractivity contribution is -0.145. The Labute approximate surface area is 215 Å². The van der Waals surface area contributed by atoms with Gasteiger partial charge in [-0.2, -0.15) is 0 Å². The Hall–Kier alpha value is -2.18. The van der Waals surface area contributed by atoms with Gasteiger partial charge in [-0.05, 0) is 61.2 Å². The molecule has 0 spiro atoms. The molecule has 1 aromatic heterocycles. The van der Waals surface area contributed by atoms with Crippen LogP contribution in [0.4, 0.5) is 0 Å². The molecule has 2 aliphatic heterocycles. The lowest BCUT2D eigenvalue weighted by atomic mass is 9.89. The minimum absolute atomic E-state index is 0.108. The summed E-state index contributed by atoms with van der Waals surface area (Å²) in [5, 5.41) is 2.19. The van der Waals surface area contributed by atoms with E-state index in [2.05, 4.69) is 68.3 Å². The van der Waals surface area contributed by atoms with Crippen LogP contribution in [0.5, 0.6) is 0 Å². The molecule has 2 aliphatic rings. The van der Waals surface area contributed by atoms with Gasteiger partial charge in [0.1, 0.15) is 0 Å². The molecule has 1 saturated heterocycles. The lowest BCUT2D eigenvalue weighted by Crippen LogP contribution is -2.56. The van der Waals surface area contributed by atoms with Crippen molar-refractivity contribution >= 4 is 23.2 Å². The Morgan fingerprint density at radius 2 is 1.66 bits per heavy atom. The van der Waals surface area contributed by atoms with Gasteiger partial charge in [0.05, 0.1) is 12.1 Å². The minimum atomic E-state index is -0.206. The molecule has 2 amide bonds. The van der Waals surface area contributed by atoms with Crippen molar-refractivity contribution in [2.24, 2.45) is 5.92 Å². The van der Waals surface area contributed by atoms with E-state index in [1.165, 1.54) is 21.6 Å². The molecule has 3 unspecified atom stereocenters. The molecule has 5 nitrogen and oxygen atoms in total. The van der Waals surface area contributed by atoms with Crippen molar-refractivity contribution in [2.45, 2.75) is 71.9 Å². The number of thiophene rings is 1. The molecule has 0 N–H and O–H groups in total. The second kappa shape index (κ2) is 11.7. The quantitative estimate of drug-likeness (QED) is 0.500. The van der Waals surface area contributed by atoms with Crippen LogP contribution in [0.2, 0.25) is 0 Å². The topological polar surface area (TPSA) is 43.9 Å². The molecule has 0 bridgehead atoms. The average molecular weight is 496 g/mol. The number of carbonyl (C=O) groups is 2. The second-order valence-corrected chi connectivity index (χ2v) is 11.1. The molecule has 0 saturated carbocycles. The molecule has 3 heterocycles. The number of unbranched alkanes of at least 4 members (excludes halogenated alkanes) is 1. The number of rotatable bonds is 8. The van der Waals surface area contributed by atoms with E-state index in [9.17, 15) is 9.59 Å². The van der Waals surface area contributed by atoms with Crippen molar-refractivity contribution in [3.63, 3.8) is 0 Å². The van der Waals surface area contributed by atoms with Gasteiger partial charge in [0, 0.05) is 43.5 Å². The third kappa shape index (κ3) is 5.49. The maximum Gasteiger partial charge on any atom is 0.239 e. The van der Waals surface area contributed by atoms with Crippen molar-refractivity contribution in [3.8, 4) is 0 Å². The van der Waals surface area contributed by atoms with Crippen LogP contribution in [0.3, 0.4) is 0 Å². The van der Waals surface area contributed by atoms with Crippen LogP contribution in [-0.4, -0.2) is 65.3 Å². The highest BCUT2D eigenvalue weighted by molar-refractivity contribution is 7.10. The maximum absolute atomic E-state index is 13.7. The summed E-state index contributed by atoms with van der Waals surface area (Å²) in [5.74, 6) is 0.591. The highest BCUT2D eigenvalue weighted by Gasteiger charge is 2.38. The fraction of sp³-hybridized carbons (Fsp3) is 0.586. The number of benzene rings is 1. The molecule has 190 valence electrons. The number of hydrogen-bond donors (Lipinski definition) is 0. The first kappa shape index (κ1) is 25.9. The number of piperazine rings is 1. The number of amides is 2. The van der Waals surface area contributed by atoms with Crippen LogP contribution in [0.15, 0.2) is 35.7 Å². The first-order valence-corrected chi connectivity index (χ1v) is 14.3. The predicted octanol–water partition coefficient (Wildman–Crippen LogP) is 5.28. The van der Waals surface area contributed by atoms with Crippen molar-refractivity contribution < 1.29 is 9.59 Å². The third-order valence-electron chi connectivity index (χ3n) is 7.99. The van der Waals surface area contributed by atoms with Crippen molar-refractivity contribution in [3.05, 3.63) is 57.3 Å². The predicted molar refractivity (Wildman–Crippen MR) is 144 cm³/mol. The van der Waals surface area contributed by atoms with E-state index in [0.717, 1.165) is 38.6 Å². The van der Waals surface area contributed by atoms with Crippen LogP contribution in [0.1, 0.15) is 74.1 Å². The Balaban J connectivity index is 1.45. The molecule has 0 aliphatic carbocycles. The van der Waals surface area contributed by atoms with Gasteiger partial charge in [-0.15, -0.1) is 11.3 Å². The molecule has 3 atom stereocenters. The van der Waals surface area contributed by atoms with Crippen molar-refractivity contribution in [1.82, 2.24) is 14.7 Å². The number of carbonyl (C=O) groups excluding carboxylic acids is 2. The summed E-state index contributed by atoms with van der Waals surface area (Å²) in [6.45, 7) is 12.0. The van der Waals surface area contributed by atoms with E-state index >= 15 is 0 Å². The fourth-order valence-electron chi connectivity index (χ4n) is 5.76. The second-order valence-electron chi connectivity index (χ2n) is 10.1. The molecule has 0 radical (unpaired) electrons. The Morgan fingerprint density at radius 3 is 2.31 bits per heavy atom. The van der Waals surface area contributed by atoms with E-state index in [0.29, 0.717) is 26.2 Å². The number of aryl methyl sites for hydroxylation is 1. The van der Waals surface area contributed by atoms with Crippen LogP contribution in [0.25, 0.3) is 0 Å². The van der Waals surface area contributed by atoms with E-state index in [-0.39, 0.29) is 29.8 Å². The van der Waals surface area contributed by atoms with Crippen LogP contribution in [-0.2, 0) is 16.0 Å². The monoisotopic (exact) mass is 495 g/mol. The van der Waals surface area contributed by atoms with Gasteiger partial charge in [0.2, 0.25) is 11.8 Å². The normalized spacial score (nSPS) is 20.4. The standard InChI is InChI=1S/C29H41N3O2S/c1-5-7-11-23(6-2)29(34)31-18-16-30(17-19-31)28(33)22(4)32-15-13-26-25(14-20-35-26)27(32)24-12-9-8-10-21(24)3/h8-10,12,14,20,22-23,27H,5-7,11,13,15-19H2,1-4H3. The Morgan fingerprint density at radius 1 is 0.971 bits per heavy atom. The number of fused-ring (bicyclic) bond motifs is 1. The minimum Gasteiger partial charge on any atom is -0.339 e. The van der Waals surface area contributed by atoms with Crippen LogP contribution >= 0.6 is 11.3 Å². The van der Waals surface area contributed by atoms with Gasteiger partial charge < -0.3 is 9.80 Å². The smallest absolute Gasteiger partial charge is 0.239 e. The molecule has 1 fully saturated rings. The third-order valence-corrected chi connectivity index (χ3v) is 8.99. The molecule has 1 aromatic carbocycles. The van der Waals surface area contributed by atoms with Crippen LogP contribution < -0.4 is 0 Å². The SMILES string of the molecule is CCCCC(CC)C(=O)N1CCN(C(=O)C(C)N2CCc3sccc3C2c2ccccc2C)CC1. The van der Waals surface area contributed by atoms with Gasteiger partial charge in [-0.25, -0.2) is 0 Å². The fourth-order valence-corrected chi connectivity index (χ4v) is 6.66. The molecule has 2 aromatic rings. The van der Waals surface area contributed by atoms with E-state index in [1.807, 2.05) is 21.1 Å². The highest BCUT2D eigenvalue weighted by Crippen LogP contribution is 2.40. The van der Waals surface area contributed by atoms with Gasteiger partial charge >= 0.3 is 0 Å². The zero-order valence-corrected chi connectivity index (χ0v) is 22.7. The summed E-state index contributed by atoms with van der Waals surface area (Å²) in [5.41, 5.74) is 3.91. The Kier molecular flexibility index (Phi) is 8.66. The van der Waals surface area contributed by atoms with Crippen LogP contribution in [0, 0.1) is 12.8 Å². The van der Waals surface area contributed by atoms with E-state index in [1.54, 1.807) is 0 Å². The van der Waals surface area contributed by atoms with E-state index < -0.39 is 0 Å².